The summed E-state index contributed by atoms with van der Waals surface area (Å²) in [4.78, 5) is 13.4. The summed E-state index contributed by atoms with van der Waals surface area (Å²) in [6.45, 7) is 0.331. The highest BCUT2D eigenvalue weighted by atomic mass is 16.5. The summed E-state index contributed by atoms with van der Waals surface area (Å²) < 4.78 is 23.6. The van der Waals surface area contributed by atoms with Gasteiger partial charge in [0.25, 0.3) is 0 Å². The molecule has 10 heteroatoms. The Balaban J connectivity index is 1.86. The Kier molecular flexibility index (Phi) is 5.09. The molecule has 10 nitrogen and oxygen atoms in total. The molecule has 3 heterocycles. The van der Waals surface area contributed by atoms with Crippen molar-refractivity contribution in [3.05, 3.63) is 52.4 Å². The number of aromatic hydroxyl groups is 4. The van der Waals surface area contributed by atoms with E-state index in [9.17, 15) is 25.2 Å². The van der Waals surface area contributed by atoms with Crippen molar-refractivity contribution >= 4 is 21.9 Å². The molecule has 0 spiro atoms. The lowest BCUT2D eigenvalue weighted by molar-refractivity contribution is 0.331. The summed E-state index contributed by atoms with van der Waals surface area (Å²) in [6, 6.07) is 9.08. The zero-order valence-corrected chi connectivity index (χ0v) is 20.7. The van der Waals surface area contributed by atoms with Gasteiger partial charge in [-0.1, -0.05) is 6.07 Å². The second kappa shape index (κ2) is 8.27. The fourth-order valence-electron chi connectivity index (χ4n) is 5.40. The maximum absolute atomic E-state index is 13.4. The van der Waals surface area contributed by atoms with Gasteiger partial charge in [0.05, 0.1) is 27.0 Å². The molecule has 0 saturated heterocycles. The molecule has 0 aliphatic carbocycles. The maximum Gasteiger partial charge on any atom is 0.361 e. The van der Waals surface area contributed by atoms with Crippen molar-refractivity contribution in [3.8, 4) is 62.6 Å². The standard InChI is InChI=1S/C28H23NO9/c1-35-20-8-12(4-5-16(20)30)22-23-15-9-17(31)18(32)11-19(15)38-28(34)25(23)29-7-6-13-14(24(22)29)10-21(36-2)27(37-3)26(13)33/h4-5,8-11,30-33H,6-7H2,1-3H3. The van der Waals surface area contributed by atoms with E-state index >= 15 is 0 Å². The average Bonchev–Trinajstić information content (AvgIpc) is 3.26. The molecule has 0 bridgehead atoms. The largest absolute Gasteiger partial charge is 0.504 e. The van der Waals surface area contributed by atoms with Crippen molar-refractivity contribution in [1.82, 2.24) is 4.57 Å². The first-order chi connectivity index (χ1) is 18.3. The highest BCUT2D eigenvalue weighted by molar-refractivity contribution is 6.17. The Morgan fingerprint density at radius 1 is 0.868 bits per heavy atom. The van der Waals surface area contributed by atoms with E-state index in [1.54, 1.807) is 18.2 Å². The molecule has 2 aromatic heterocycles. The van der Waals surface area contributed by atoms with Crippen LogP contribution in [0.4, 0.5) is 0 Å². The molecule has 0 fully saturated rings. The predicted octanol–water partition coefficient (Wildman–Crippen LogP) is 4.49. The van der Waals surface area contributed by atoms with Gasteiger partial charge in [-0.25, -0.2) is 4.79 Å². The van der Waals surface area contributed by atoms with Gasteiger partial charge >= 0.3 is 5.63 Å². The van der Waals surface area contributed by atoms with E-state index in [2.05, 4.69) is 0 Å². The van der Waals surface area contributed by atoms with Crippen LogP contribution in [0.2, 0.25) is 0 Å². The van der Waals surface area contributed by atoms with Gasteiger partial charge in [-0.3, -0.25) is 0 Å². The Labute approximate surface area is 215 Å². The fraction of sp³-hybridized carbons (Fsp3) is 0.179. The first-order valence-electron chi connectivity index (χ1n) is 11.7. The third-order valence-corrected chi connectivity index (χ3v) is 7.06. The van der Waals surface area contributed by atoms with Crippen LogP contribution in [0.15, 0.2) is 45.6 Å². The Bertz CT molecular complexity index is 1850. The lowest BCUT2D eigenvalue weighted by Gasteiger charge is -2.24. The summed E-state index contributed by atoms with van der Waals surface area (Å²) in [5.74, 6) is -0.212. The van der Waals surface area contributed by atoms with Gasteiger partial charge < -0.3 is 43.6 Å². The molecule has 3 aromatic carbocycles. The van der Waals surface area contributed by atoms with Gasteiger partial charge in [-0.05, 0) is 36.2 Å². The average molecular weight is 517 g/mol. The first-order valence-corrected chi connectivity index (χ1v) is 11.7. The predicted molar refractivity (Wildman–Crippen MR) is 139 cm³/mol. The minimum atomic E-state index is -0.635. The number of ether oxygens (including phenoxy) is 3. The molecular formula is C28H23NO9. The van der Waals surface area contributed by atoms with Crippen LogP contribution >= 0.6 is 0 Å². The van der Waals surface area contributed by atoms with Crippen LogP contribution in [0, 0.1) is 0 Å². The topological polar surface area (TPSA) is 144 Å². The molecule has 194 valence electrons. The van der Waals surface area contributed by atoms with Crippen LogP contribution in [-0.4, -0.2) is 46.3 Å². The van der Waals surface area contributed by atoms with E-state index in [-0.39, 0.29) is 39.8 Å². The van der Waals surface area contributed by atoms with Crippen LogP contribution in [-0.2, 0) is 13.0 Å². The lowest BCUT2D eigenvalue weighted by atomic mass is 9.91. The van der Waals surface area contributed by atoms with Gasteiger partial charge in [0.2, 0.25) is 5.75 Å². The van der Waals surface area contributed by atoms with Crippen molar-refractivity contribution in [3.63, 3.8) is 0 Å². The van der Waals surface area contributed by atoms with Crippen LogP contribution in [0.5, 0.6) is 40.2 Å². The third kappa shape index (κ3) is 3.09. The zero-order chi connectivity index (χ0) is 26.9. The number of phenolic OH excluding ortho intramolecular Hbond substituents is 4. The Morgan fingerprint density at radius 3 is 2.32 bits per heavy atom. The van der Waals surface area contributed by atoms with Crippen LogP contribution in [0.1, 0.15) is 5.56 Å². The molecule has 0 saturated carbocycles. The molecule has 5 aromatic rings. The summed E-state index contributed by atoms with van der Waals surface area (Å²) in [6.07, 6.45) is 0.384. The van der Waals surface area contributed by atoms with Gasteiger partial charge in [0, 0.05) is 40.1 Å². The number of phenols is 4. The normalized spacial score (nSPS) is 12.4. The van der Waals surface area contributed by atoms with Gasteiger partial charge in [-0.2, -0.15) is 0 Å². The van der Waals surface area contributed by atoms with Gasteiger partial charge in [-0.15, -0.1) is 0 Å². The van der Waals surface area contributed by atoms with Crippen LogP contribution < -0.4 is 19.8 Å². The van der Waals surface area contributed by atoms with E-state index in [0.29, 0.717) is 57.4 Å². The molecule has 1 aliphatic heterocycles. The molecule has 0 amide bonds. The molecule has 6 rings (SSSR count). The SMILES string of the molecule is COc1cc(-c2c3n(c4c(=O)oc5cc(O)c(O)cc5c24)CCc2c-3cc(OC)c(OC)c2O)ccc1O. The second-order valence-corrected chi connectivity index (χ2v) is 8.95. The number of hydrogen-bond donors (Lipinski definition) is 4. The number of rotatable bonds is 4. The summed E-state index contributed by atoms with van der Waals surface area (Å²) in [5.41, 5.74) is 2.69. The van der Waals surface area contributed by atoms with Crippen molar-refractivity contribution in [1.29, 1.82) is 0 Å². The van der Waals surface area contributed by atoms with E-state index in [1.807, 2.05) is 4.57 Å². The third-order valence-electron chi connectivity index (χ3n) is 7.06. The quantitative estimate of drug-likeness (QED) is 0.200. The van der Waals surface area contributed by atoms with Crippen LogP contribution in [0.25, 0.3) is 44.3 Å². The van der Waals surface area contributed by atoms with E-state index in [0.717, 1.165) is 0 Å². The molecule has 38 heavy (non-hydrogen) atoms. The first kappa shape index (κ1) is 23.4. The minimum absolute atomic E-state index is 0.0629. The van der Waals surface area contributed by atoms with E-state index in [4.69, 9.17) is 18.6 Å². The smallest absolute Gasteiger partial charge is 0.361 e. The maximum atomic E-state index is 13.4. The van der Waals surface area contributed by atoms with Crippen molar-refractivity contribution in [2.45, 2.75) is 13.0 Å². The van der Waals surface area contributed by atoms with Gasteiger partial charge in [0.1, 0.15) is 11.1 Å². The molecular weight excluding hydrogens is 494 g/mol. The number of nitrogens with zero attached hydrogens (tertiary/aromatic N) is 1. The zero-order valence-electron chi connectivity index (χ0n) is 20.7. The lowest BCUT2D eigenvalue weighted by Crippen LogP contribution is -2.15. The molecule has 1 aliphatic rings. The Morgan fingerprint density at radius 2 is 1.61 bits per heavy atom. The Hall–Kier alpha value is -4.99. The fourth-order valence-corrected chi connectivity index (χ4v) is 5.40. The highest BCUT2D eigenvalue weighted by Crippen LogP contribution is 2.52. The summed E-state index contributed by atoms with van der Waals surface area (Å²) in [7, 11) is 4.34. The van der Waals surface area contributed by atoms with Crippen molar-refractivity contribution in [2.75, 3.05) is 21.3 Å². The van der Waals surface area contributed by atoms with Crippen molar-refractivity contribution in [2.24, 2.45) is 0 Å². The van der Waals surface area contributed by atoms with Crippen LogP contribution in [0.3, 0.4) is 0 Å². The minimum Gasteiger partial charge on any atom is -0.504 e. The highest BCUT2D eigenvalue weighted by Gasteiger charge is 2.32. The number of hydrogen-bond acceptors (Lipinski definition) is 9. The number of methoxy groups -OCH3 is 3. The van der Waals surface area contributed by atoms with E-state index < -0.39 is 11.4 Å². The number of fused-ring (bicyclic) bond motifs is 7. The number of benzene rings is 3. The van der Waals surface area contributed by atoms with E-state index in [1.165, 1.54) is 39.5 Å². The molecule has 0 radical (unpaired) electrons. The summed E-state index contributed by atoms with van der Waals surface area (Å²) >= 11 is 0. The van der Waals surface area contributed by atoms with Gasteiger partial charge in [0.15, 0.2) is 34.5 Å². The summed E-state index contributed by atoms with van der Waals surface area (Å²) in [5, 5.41) is 42.7. The monoisotopic (exact) mass is 517 g/mol. The second-order valence-electron chi connectivity index (χ2n) is 8.95. The number of aromatic nitrogens is 1. The molecule has 0 unspecified atom stereocenters. The molecule has 0 atom stereocenters. The molecule has 4 N–H and O–H groups in total. The van der Waals surface area contributed by atoms with Crippen molar-refractivity contribution < 1.29 is 39.1 Å². The number of aryl methyl sites for hydroxylation is 1.